The van der Waals surface area contributed by atoms with E-state index in [4.69, 9.17) is 9.47 Å². The Morgan fingerprint density at radius 2 is 2.00 bits per heavy atom. The van der Waals surface area contributed by atoms with Crippen LogP contribution in [0.2, 0.25) is 0 Å². The molecule has 0 aliphatic rings. The molecule has 0 bridgehead atoms. The zero-order valence-electron chi connectivity index (χ0n) is 14.2. The molecule has 5 heteroatoms. The van der Waals surface area contributed by atoms with Crippen LogP contribution in [0.3, 0.4) is 0 Å². The molecule has 1 aromatic carbocycles. The fraction of sp³-hybridized carbons (Fsp3) is 0.588. The fourth-order valence-corrected chi connectivity index (χ4v) is 1.83. The Kier molecular flexibility index (Phi) is 9.07. The smallest absolute Gasteiger partial charge is 0.191 e. The number of nitrogens with one attached hydrogen (secondary N) is 2. The van der Waals surface area contributed by atoms with Crippen LogP contribution in [-0.4, -0.2) is 39.4 Å². The van der Waals surface area contributed by atoms with E-state index in [9.17, 15) is 0 Å². The Morgan fingerprint density at radius 3 is 2.68 bits per heavy atom. The van der Waals surface area contributed by atoms with E-state index in [1.54, 1.807) is 7.05 Å². The lowest BCUT2D eigenvalue weighted by Gasteiger charge is -2.15. The highest BCUT2D eigenvalue weighted by atomic mass is 16.5. The molecule has 0 radical (unpaired) electrons. The molecule has 0 saturated carbocycles. The molecule has 2 N–H and O–H groups in total. The van der Waals surface area contributed by atoms with E-state index in [1.165, 1.54) is 0 Å². The van der Waals surface area contributed by atoms with E-state index in [1.807, 2.05) is 25.1 Å². The molecule has 1 rings (SSSR count). The lowest BCUT2D eigenvalue weighted by atomic mass is 10.2. The van der Waals surface area contributed by atoms with Gasteiger partial charge in [-0.25, -0.2) is 0 Å². The van der Waals surface area contributed by atoms with Gasteiger partial charge in [0.1, 0.15) is 5.75 Å². The maximum absolute atomic E-state index is 5.86. The molecule has 22 heavy (non-hydrogen) atoms. The molecule has 0 spiro atoms. The fourth-order valence-electron chi connectivity index (χ4n) is 1.83. The second-order valence-corrected chi connectivity index (χ2v) is 5.36. The number of ether oxygens (including phenoxy) is 2. The Bertz CT molecular complexity index is 447. The van der Waals surface area contributed by atoms with E-state index in [-0.39, 0.29) is 0 Å². The van der Waals surface area contributed by atoms with Crippen molar-refractivity contribution < 1.29 is 9.47 Å². The number of nitrogens with zero attached hydrogens (tertiary/aromatic N) is 1. The summed E-state index contributed by atoms with van der Waals surface area (Å²) >= 11 is 0. The minimum Gasteiger partial charge on any atom is -0.493 e. The van der Waals surface area contributed by atoms with Crippen LogP contribution in [-0.2, 0) is 11.3 Å². The number of benzene rings is 1. The van der Waals surface area contributed by atoms with Gasteiger partial charge in [-0.2, -0.15) is 0 Å². The van der Waals surface area contributed by atoms with Crippen LogP contribution < -0.4 is 15.4 Å². The predicted molar refractivity (Wildman–Crippen MR) is 91.5 cm³/mol. The minimum absolute atomic E-state index is 0.508. The maximum atomic E-state index is 5.86. The topological polar surface area (TPSA) is 54.9 Å². The van der Waals surface area contributed by atoms with Crippen LogP contribution in [0.5, 0.6) is 5.75 Å². The molecule has 0 amide bonds. The SMILES string of the molecule is CCOCCNC(=NC)NCc1ccccc1OCC(C)C. The average molecular weight is 307 g/mol. The number of para-hydroxylation sites is 1. The van der Waals surface area contributed by atoms with E-state index < -0.39 is 0 Å². The van der Waals surface area contributed by atoms with Crippen LogP contribution in [0.15, 0.2) is 29.3 Å². The normalized spacial score (nSPS) is 11.6. The van der Waals surface area contributed by atoms with Crippen molar-refractivity contribution in [1.29, 1.82) is 0 Å². The first kappa shape index (κ1) is 18.3. The summed E-state index contributed by atoms with van der Waals surface area (Å²) in [6, 6.07) is 8.08. The van der Waals surface area contributed by atoms with Crippen molar-refractivity contribution in [2.45, 2.75) is 27.3 Å². The summed E-state index contributed by atoms with van der Waals surface area (Å²) in [5.74, 6) is 2.20. The molecule has 0 heterocycles. The van der Waals surface area contributed by atoms with Gasteiger partial charge >= 0.3 is 0 Å². The molecule has 0 aliphatic heterocycles. The Balaban J connectivity index is 2.48. The third kappa shape index (κ3) is 7.31. The molecule has 124 valence electrons. The predicted octanol–water partition coefficient (Wildman–Crippen LogP) is 2.42. The highest BCUT2D eigenvalue weighted by molar-refractivity contribution is 5.79. The molecule has 0 aliphatic carbocycles. The van der Waals surface area contributed by atoms with Gasteiger partial charge in [0.15, 0.2) is 5.96 Å². The first-order chi connectivity index (χ1) is 10.7. The molecular formula is C17H29N3O2. The summed E-state index contributed by atoms with van der Waals surface area (Å²) in [6.45, 7) is 9.80. The summed E-state index contributed by atoms with van der Waals surface area (Å²) in [4.78, 5) is 4.20. The van der Waals surface area contributed by atoms with Gasteiger partial charge in [-0.15, -0.1) is 0 Å². The highest BCUT2D eigenvalue weighted by Crippen LogP contribution is 2.18. The van der Waals surface area contributed by atoms with Crippen molar-refractivity contribution in [2.75, 3.05) is 33.4 Å². The van der Waals surface area contributed by atoms with E-state index in [0.29, 0.717) is 19.1 Å². The summed E-state index contributed by atoms with van der Waals surface area (Å²) in [5.41, 5.74) is 1.12. The van der Waals surface area contributed by atoms with Crippen LogP contribution in [0.1, 0.15) is 26.3 Å². The van der Waals surface area contributed by atoms with Crippen molar-refractivity contribution in [3.63, 3.8) is 0 Å². The van der Waals surface area contributed by atoms with Gasteiger partial charge in [-0.3, -0.25) is 4.99 Å². The Hall–Kier alpha value is -1.75. The second kappa shape index (κ2) is 10.9. The first-order valence-corrected chi connectivity index (χ1v) is 7.90. The van der Waals surface area contributed by atoms with Crippen molar-refractivity contribution >= 4 is 5.96 Å². The van der Waals surface area contributed by atoms with E-state index in [2.05, 4.69) is 35.5 Å². The maximum Gasteiger partial charge on any atom is 0.191 e. The third-order valence-electron chi connectivity index (χ3n) is 2.96. The average Bonchev–Trinajstić information content (AvgIpc) is 2.53. The monoisotopic (exact) mass is 307 g/mol. The Labute approximate surface area is 134 Å². The minimum atomic E-state index is 0.508. The molecule has 0 fully saturated rings. The zero-order valence-corrected chi connectivity index (χ0v) is 14.2. The first-order valence-electron chi connectivity index (χ1n) is 7.90. The summed E-state index contributed by atoms with van der Waals surface area (Å²) in [7, 11) is 1.76. The van der Waals surface area contributed by atoms with Crippen molar-refractivity contribution in [2.24, 2.45) is 10.9 Å². The van der Waals surface area contributed by atoms with Crippen LogP contribution in [0, 0.1) is 5.92 Å². The molecule has 1 aromatic rings. The second-order valence-electron chi connectivity index (χ2n) is 5.36. The third-order valence-corrected chi connectivity index (χ3v) is 2.96. The lowest BCUT2D eigenvalue weighted by Crippen LogP contribution is -2.38. The van der Waals surface area contributed by atoms with Crippen LogP contribution in [0.25, 0.3) is 0 Å². The highest BCUT2D eigenvalue weighted by Gasteiger charge is 2.05. The number of rotatable bonds is 9. The molecular weight excluding hydrogens is 278 g/mol. The van der Waals surface area contributed by atoms with Gasteiger partial charge < -0.3 is 20.1 Å². The van der Waals surface area contributed by atoms with Gasteiger partial charge in [0.25, 0.3) is 0 Å². The van der Waals surface area contributed by atoms with E-state index in [0.717, 1.165) is 37.0 Å². The number of hydrogen-bond donors (Lipinski definition) is 2. The zero-order chi connectivity index (χ0) is 16.2. The standard InChI is InChI=1S/C17H29N3O2/c1-5-21-11-10-19-17(18-4)20-12-15-8-6-7-9-16(15)22-13-14(2)3/h6-9,14H,5,10-13H2,1-4H3,(H2,18,19,20). The van der Waals surface area contributed by atoms with Gasteiger partial charge in [-0.1, -0.05) is 32.0 Å². The Morgan fingerprint density at radius 1 is 1.23 bits per heavy atom. The van der Waals surface area contributed by atoms with E-state index >= 15 is 0 Å². The summed E-state index contributed by atoms with van der Waals surface area (Å²) < 4.78 is 11.2. The summed E-state index contributed by atoms with van der Waals surface area (Å²) in [5, 5.41) is 6.51. The quantitative estimate of drug-likeness (QED) is 0.418. The number of hydrogen-bond acceptors (Lipinski definition) is 3. The molecule has 5 nitrogen and oxygen atoms in total. The van der Waals surface area contributed by atoms with Crippen molar-refractivity contribution in [3.8, 4) is 5.75 Å². The van der Waals surface area contributed by atoms with Crippen LogP contribution in [0.4, 0.5) is 0 Å². The van der Waals surface area contributed by atoms with Gasteiger partial charge in [0.2, 0.25) is 0 Å². The summed E-state index contributed by atoms with van der Waals surface area (Å²) in [6.07, 6.45) is 0. The van der Waals surface area contributed by atoms with Crippen LogP contribution >= 0.6 is 0 Å². The molecule has 0 aromatic heterocycles. The molecule has 0 atom stereocenters. The largest absolute Gasteiger partial charge is 0.493 e. The number of aliphatic imine (C=N–C) groups is 1. The van der Waals surface area contributed by atoms with Crippen molar-refractivity contribution in [3.05, 3.63) is 29.8 Å². The van der Waals surface area contributed by atoms with Crippen molar-refractivity contribution in [1.82, 2.24) is 10.6 Å². The molecule has 0 unspecified atom stereocenters. The molecule has 0 saturated heterocycles. The van der Waals surface area contributed by atoms with Gasteiger partial charge in [-0.05, 0) is 18.9 Å². The number of guanidine groups is 1. The van der Waals surface area contributed by atoms with Gasteiger partial charge in [0.05, 0.1) is 13.2 Å². The van der Waals surface area contributed by atoms with Gasteiger partial charge in [0, 0.05) is 32.3 Å². The lowest BCUT2D eigenvalue weighted by molar-refractivity contribution is 0.152.